The second-order valence-electron chi connectivity index (χ2n) is 12.6. The number of carboxylic acid groups (broad SMARTS) is 1. The lowest BCUT2D eigenvalue weighted by molar-refractivity contribution is -0.136. The second kappa shape index (κ2) is 17.6. The number of fused-ring (bicyclic) bond motifs is 1. The fourth-order valence-electron chi connectivity index (χ4n) is 6.60. The molecule has 0 aromatic heterocycles. The Balaban J connectivity index is 0.000000263. The first-order valence-corrected chi connectivity index (χ1v) is 16.9. The highest BCUT2D eigenvalue weighted by atomic mass is 19.1. The summed E-state index contributed by atoms with van der Waals surface area (Å²) in [4.78, 5) is 17.6. The first kappa shape index (κ1) is 38.6. The number of nitrogens with two attached hydrogens (primary N) is 2. The van der Waals surface area contributed by atoms with Crippen LogP contribution in [0.1, 0.15) is 61.8 Å². The Morgan fingerprint density at radius 2 is 1.57 bits per heavy atom. The van der Waals surface area contributed by atoms with Crippen molar-refractivity contribution < 1.29 is 28.2 Å². The molecule has 0 radical (unpaired) electrons. The molecule has 0 bridgehead atoms. The number of nitrogens with zero attached hydrogens (tertiary/aromatic N) is 2. The van der Waals surface area contributed by atoms with Gasteiger partial charge in [-0.3, -0.25) is 14.7 Å². The lowest BCUT2D eigenvalue weighted by Gasteiger charge is -2.27. The summed E-state index contributed by atoms with van der Waals surface area (Å²) in [6.07, 6.45) is 4.44. The zero-order valence-corrected chi connectivity index (χ0v) is 30.1. The minimum absolute atomic E-state index is 0.112. The van der Waals surface area contributed by atoms with Crippen molar-refractivity contribution in [1.82, 2.24) is 4.90 Å². The number of piperidine rings is 1. The van der Waals surface area contributed by atoms with Crippen molar-refractivity contribution in [2.75, 3.05) is 34.4 Å². The fourth-order valence-corrected chi connectivity index (χ4v) is 6.60. The van der Waals surface area contributed by atoms with Crippen molar-refractivity contribution in [1.29, 1.82) is 0 Å². The summed E-state index contributed by atoms with van der Waals surface area (Å²) in [6, 6.07) is 18.9. The van der Waals surface area contributed by atoms with Crippen molar-refractivity contribution in [2.45, 2.75) is 52.5 Å². The van der Waals surface area contributed by atoms with Gasteiger partial charge in [-0.05, 0) is 97.9 Å². The Labute approximate surface area is 299 Å². The maximum Gasteiger partial charge on any atom is 0.303 e. The number of carboxylic acids is 1. The molecule has 10 heteroatoms. The third-order valence-electron chi connectivity index (χ3n) is 9.08. The third kappa shape index (κ3) is 9.12. The highest BCUT2D eigenvalue weighted by Gasteiger charge is 2.21. The number of hydrogen-bond donors (Lipinski definition) is 3. The number of aryl methyl sites for hydroxylation is 1. The quantitative estimate of drug-likeness (QED) is 0.135. The van der Waals surface area contributed by atoms with E-state index in [9.17, 15) is 13.6 Å². The van der Waals surface area contributed by atoms with E-state index < -0.39 is 17.6 Å². The van der Waals surface area contributed by atoms with Gasteiger partial charge in [-0.15, -0.1) is 0 Å². The van der Waals surface area contributed by atoms with Crippen LogP contribution in [-0.4, -0.2) is 56.0 Å². The molecule has 0 atom stereocenters. The maximum atomic E-state index is 14.4. The Kier molecular flexibility index (Phi) is 13.3. The molecule has 5 N–H and O–H groups in total. The number of aliphatic carboxylic acids is 1. The van der Waals surface area contributed by atoms with Crippen molar-refractivity contribution in [3.05, 3.63) is 107 Å². The van der Waals surface area contributed by atoms with Crippen LogP contribution in [0.15, 0.2) is 77.9 Å². The van der Waals surface area contributed by atoms with Crippen molar-refractivity contribution in [3.63, 3.8) is 0 Å². The van der Waals surface area contributed by atoms with Crippen molar-refractivity contribution >= 4 is 33.7 Å². The number of allylic oxidation sites excluding steroid dienone is 2. The van der Waals surface area contributed by atoms with E-state index >= 15 is 0 Å². The van der Waals surface area contributed by atoms with E-state index in [2.05, 4.69) is 46.8 Å². The first-order valence-electron chi connectivity index (χ1n) is 16.9. The van der Waals surface area contributed by atoms with Crippen LogP contribution in [-0.2, 0) is 17.8 Å². The number of aliphatic imine (C=N–C) groups is 1. The summed E-state index contributed by atoms with van der Waals surface area (Å²) in [6.45, 7) is 9.86. The summed E-state index contributed by atoms with van der Waals surface area (Å²) in [5.74, 6) is -0.741. The Hall–Kier alpha value is -5.22. The number of halogens is 2. The van der Waals surface area contributed by atoms with Crippen molar-refractivity contribution in [2.24, 2.45) is 16.5 Å². The summed E-state index contributed by atoms with van der Waals surface area (Å²) in [7, 11) is 4.97. The molecule has 5 rings (SSSR count). The molecule has 0 amide bonds. The molecule has 4 aromatic rings. The number of rotatable bonds is 11. The average molecular weight is 699 g/mol. The van der Waals surface area contributed by atoms with Gasteiger partial charge in [-0.25, -0.2) is 8.78 Å². The zero-order chi connectivity index (χ0) is 37.2. The van der Waals surface area contributed by atoms with Gasteiger partial charge >= 0.3 is 5.97 Å². The molecule has 8 nitrogen and oxygen atoms in total. The van der Waals surface area contributed by atoms with E-state index in [1.165, 1.54) is 30.9 Å². The third-order valence-corrected chi connectivity index (χ3v) is 9.08. The summed E-state index contributed by atoms with van der Waals surface area (Å²) in [5.41, 5.74) is 16.4. The lowest BCUT2D eigenvalue weighted by Crippen LogP contribution is -2.29. The Morgan fingerprint density at radius 1 is 0.941 bits per heavy atom. The molecule has 0 saturated carbocycles. The number of methoxy groups -OCH3 is 2. The second-order valence-corrected chi connectivity index (χ2v) is 12.6. The zero-order valence-electron chi connectivity index (χ0n) is 30.1. The number of hydrogen-bond acceptors (Lipinski definition) is 7. The minimum Gasteiger partial charge on any atom is -0.496 e. The van der Waals surface area contributed by atoms with E-state index in [0.717, 1.165) is 64.7 Å². The number of carbonyl (C=O) groups is 1. The van der Waals surface area contributed by atoms with Gasteiger partial charge in [0.25, 0.3) is 0 Å². The van der Waals surface area contributed by atoms with Gasteiger partial charge in [-0.2, -0.15) is 0 Å². The number of ether oxygens (including phenoxy) is 2. The highest BCUT2D eigenvalue weighted by Crippen LogP contribution is 2.43. The molecular weight excluding hydrogens is 650 g/mol. The maximum absolute atomic E-state index is 14.4. The van der Waals surface area contributed by atoms with Crippen LogP contribution in [0, 0.1) is 11.6 Å². The predicted octanol–water partition coefficient (Wildman–Crippen LogP) is 8.20. The molecule has 270 valence electrons. The number of benzene rings is 4. The van der Waals surface area contributed by atoms with Crippen LogP contribution in [0.25, 0.3) is 33.2 Å². The molecule has 0 aliphatic carbocycles. The number of likely N-dealkylation sites (tertiary alicyclic amines) is 1. The Bertz CT molecular complexity index is 1940. The summed E-state index contributed by atoms with van der Waals surface area (Å²) in [5, 5.41) is 11.3. The summed E-state index contributed by atoms with van der Waals surface area (Å²) >= 11 is 0. The van der Waals surface area contributed by atoms with Crippen LogP contribution < -0.4 is 20.9 Å². The van der Waals surface area contributed by atoms with E-state index in [0.29, 0.717) is 23.4 Å². The van der Waals surface area contributed by atoms with E-state index in [-0.39, 0.29) is 23.2 Å². The highest BCUT2D eigenvalue weighted by molar-refractivity contribution is 6.23. The van der Waals surface area contributed by atoms with Gasteiger partial charge in [0.1, 0.15) is 23.1 Å². The Morgan fingerprint density at radius 3 is 2.14 bits per heavy atom. The van der Waals surface area contributed by atoms with Gasteiger partial charge in [0.15, 0.2) is 0 Å². The standard InChI is InChI=1S/C27H31NO4.C14H17F2N3/c1-31-24-16-19(18-28-14-4-3-5-15-28)17-25(32-2)27(24)23-11-7-9-21-20(12-13-26(29)30)8-6-10-22(21)23;1-7(17)12(9(3)19-4)10-5-6-11(15)13(8(2)18)14(10)16/h6-11,16-17H,3-5,12-15,18H2,1-2H3,(H,29,30);5-6H,2,17-18H2,1,3-4H3/b;12-7+,19-9?. The van der Waals surface area contributed by atoms with Crippen LogP contribution in [0.2, 0.25) is 0 Å². The van der Waals surface area contributed by atoms with E-state index in [4.69, 9.17) is 26.0 Å². The molecule has 0 unspecified atom stereocenters. The molecule has 1 saturated heterocycles. The van der Waals surface area contributed by atoms with Gasteiger partial charge in [0.05, 0.1) is 25.3 Å². The smallest absolute Gasteiger partial charge is 0.303 e. The van der Waals surface area contributed by atoms with Crippen LogP contribution in [0.5, 0.6) is 11.5 Å². The summed E-state index contributed by atoms with van der Waals surface area (Å²) < 4.78 is 39.6. The predicted molar refractivity (Wildman–Crippen MR) is 203 cm³/mol. The fraction of sp³-hybridized carbons (Fsp3) is 0.317. The van der Waals surface area contributed by atoms with Crippen LogP contribution >= 0.6 is 0 Å². The van der Waals surface area contributed by atoms with Gasteiger partial charge < -0.3 is 26.0 Å². The van der Waals surface area contributed by atoms with E-state index in [1.807, 2.05) is 18.2 Å². The van der Waals surface area contributed by atoms with Gasteiger partial charge in [-0.1, -0.05) is 49.4 Å². The lowest BCUT2D eigenvalue weighted by atomic mass is 9.92. The average Bonchev–Trinajstić information content (AvgIpc) is 3.11. The first-order chi connectivity index (χ1) is 24.4. The monoisotopic (exact) mass is 698 g/mol. The van der Waals surface area contributed by atoms with Gasteiger partial charge in [0, 0.05) is 48.3 Å². The van der Waals surface area contributed by atoms with Gasteiger partial charge in [0.2, 0.25) is 0 Å². The molecule has 0 spiro atoms. The normalized spacial score (nSPS) is 14.0. The van der Waals surface area contributed by atoms with Crippen LogP contribution in [0.4, 0.5) is 8.78 Å². The largest absolute Gasteiger partial charge is 0.496 e. The molecular formula is C41H48F2N4O4. The molecule has 1 fully saturated rings. The topological polar surface area (TPSA) is 123 Å². The molecule has 51 heavy (non-hydrogen) atoms. The molecule has 1 aliphatic heterocycles. The molecule has 1 heterocycles. The SMILES string of the molecule is C=C(N)c1c(F)ccc(/C(C(C)=NC)=C(\C)N)c1F.COc1cc(CN2CCCCC2)cc(OC)c1-c1cccc2c(CCC(=O)O)cccc12. The van der Waals surface area contributed by atoms with Crippen LogP contribution in [0.3, 0.4) is 0 Å². The van der Waals surface area contributed by atoms with E-state index in [1.54, 1.807) is 35.1 Å². The minimum atomic E-state index is -0.786. The molecule has 4 aromatic carbocycles. The molecule has 1 aliphatic rings. The van der Waals surface area contributed by atoms with Crippen molar-refractivity contribution in [3.8, 4) is 22.6 Å².